The Hall–Kier alpha value is -3.54. The van der Waals surface area contributed by atoms with E-state index >= 15 is 0 Å². The van der Waals surface area contributed by atoms with Gasteiger partial charge in [0.2, 0.25) is 0 Å². The van der Waals surface area contributed by atoms with Gasteiger partial charge in [0.25, 0.3) is 0 Å². The summed E-state index contributed by atoms with van der Waals surface area (Å²) in [5.41, 5.74) is 3.33. The maximum atomic E-state index is 13.6. The lowest BCUT2D eigenvalue weighted by molar-refractivity contribution is -0.140. The molecule has 0 bridgehead atoms. The monoisotopic (exact) mass is 503 g/mol. The van der Waals surface area contributed by atoms with Crippen LogP contribution in [0.1, 0.15) is 64.9 Å². The Balaban J connectivity index is 1.64. The van der Waals surface area contributed by atoms with Crippen LogP contribution in [0, 0.1) is 5.41 Å². The Morgan fingerprint density at radius 1 is 0.973 bits per heavy atom. The van der Waals surface area contributed by atoms with Crippen molar-refractivity contribution in [3.05, 3.63) is 82.7 Å². The van der Waals surface area contributed by atoms with Gasteiger partial charge in [-0.15, -0.1) is 0 Å². The van der Waals surface area contributed by atoms with Gasteiger partial charge in [-0.1, -0.05) is 63.6 Å². The van der Waals surface area contributed by atoms with Crippen molar-refractivity contribution in [3.63, 3.8) is 0 Å². The van der Waals surface area contributed by atoms with E-state index in [1.165, 1.54) is 0 Å². The van der Waals surface area contributed by atoms with E-state index in [9.17, 15) is 9.59 Å². The molecule has 0 saturated heterocycles. The number of Topliss-reactive ketones (excluding diaryl/α,β-unsaturated/α-hetero) is 1. The van der Waals surface area contributed by atoms with Crippen molar-refractivity contribution >= 4 is 11.8 Å². The third-order valence-corrected chi connectivity index (χ3v) is 6.77. The molecule has 2 aliphatic rings. The summed E-state index contributed by atoms with van der Waals surface area (Å²) in [5, 5.41) is 3.39. The predicted molar refractivity (Wildman–Crippen MR) is 143 cm³/mol. The van der Waals surface area contributed by atoms with Gasteiger partial charge in [-0.3, -0.25) is 4.79 Å². The molecule has 0 aromatic heterocycles. The Morgan fingerprint density at radius 2 is 1.70 bits per heavy atom. The van der Waals surface area contributed by atoms with Gasteiger partial charge in [0, 0.05) is 29.0 Å². The van der Waals surface area contributed by atoms with E-state index in [1.807, 2.05) is 61.5 Å². The van der Waals surface area contributed by atoms with Gasteiger partial charge in [-0.05, 0) is 43.4 Å². The summed E-state index contributed by atoms with van der Waals surface area (Å²) < 4.78 is 17.5. The van der Waals surface area contributed by atoms with Gasteiger partial charge in [0.1, 0.15) is 24.7 Å². The minimum Gasteiger partial charge on any atom is -0.493 e. The third kappa shape index (κ3) is 6.24. The van der Waals surface area contributed by atoms with Crippen LogP contribution in [0.5, 0.6) is 11.5 Å². The lowest BCUT2D eigenvalue weighted by Crippen LogP contribution is -2.39. The number of ketones is 1. The average molecular weight is 504 g/mol. The van der Waals surface area contributed by atoms with Crippen LogP contribution < -0.4 is 14.8 Å². The molecule has 0 radical (unpaired) electrons. The van der Waals surface area contributed by atoms with Crippen molar-refractivity contribution in [3.8, 4) is 11.5 Å². The number of dihydropyridines is 1. The molecular formula is C31H37NO5. The number of ether oxygens (including phenoxy) is 3. The summed E-state index contributed by atoms with van der Waals surface area (Å²) in [4.78, 5) is 27.1. The first-order valence-electron chi connectivity index (χ1n) is 13.1. The lowest BCUT2D eigenvalue weighted by atomic mass is 9.68. The molecule has 1 atom stereocenters. The number of carbonyl (C=O) groups is 2. The molecule has 1 aliphatic heterocycles. The third-order valence-electron chi connectivity index (χ3n) is 6.77. The normalized spacial score (nSPS) is 18.7. The molecule has 4 rings (SSSR count). The predicted octanol–water partition coefficient (Wildman–Crippen LogP) is 6.09. The fourth-order valence-corrected chi connectivity index (χ4v) is 5.08. The number of unbranched alkanes of at least 4 members (excludes halogenated alkanes) is 1. The molecule has 0 fully saturated rings. The Labute approximate surface area is 219 Å². The van der Waals surface area contributed by atoms with Gasteiger partial charge in [0.15, 0.2) is 5.78 Å². The first-order chi connectivity index (χ1) is 17.8. The first-order valence-corrected chi connectivity index (χ1v) is 13.1. The Bertz CT molecular complexity index is 1200. The molecule has 0 unspecified atom stereocenters. The topological polar surface area (TPSA) is 73.9 Å². The first kappa shape index (κ1) is 26.5. The zero-order valence-corrected chi connectivity index (χ0v) is 22.3. The fraction of sp³-hybridized carbons (Fsp3) is 0.419. The highest BCUT2D eigenvalue weighted by atomic mass is 16.6. The van der Waals surface area contributed by atoms with E-state index in [-0.39, 0.29) is 24.4 Å². The second-order valence-corrected chi connectivity index (χ2v) is 10.5. The number of allylic oxidation sites excluding steroid dienone is 3. The summed E-state index contributed by atoms with van der Waals surface area (Å²) in [6.45, 7) is 9.09. The molecule has 37 heavy (non-hydrogen) atoms. The maximum Gasteiger partial charge on any atom is 0.336 e. The van der Waals surface area contributed by atoms with Crippen LogP contribution in [0.2, 0.25) is 0 Å². The van der Waals surface area contributed by atoms with Crippen LogP contribution in [0.25, 0.3) is 0 Å². The highest BCUT2D eigenvalue weighted by Gasteiger charge is 2.44. The van der Waals surface area contributed by atoms with Crippen LogP contribution in [0.3, 0.4) is 0 Å². The molecule has 2 aromatic carbocycles. The molecule has 1 aliphatic carbocycles. The summed E-state index contributed by atoms with van der Waals surface area (Å²) >= 11 is 0. The van der Waals surface area contributed by atoms with Gasteiger partial charge < -0.3 is 19.5 Å². The zero-order valence-electron chi connectivity index (χ0n) is 22.3. The number of hydrogen-bond acceptors (Lipinski definition) is 6. The van der Waals surface area contributed by atoms with Gasteiger partial charge in [0.05, 0.1) is 18.1 Å². The van der Waals surface area contributed by atoms with Gasteiger partial charge >= 0.3 is 5.97 Å². The molecule has 1 N–H and O–H groups in total. The number of benzene rings is 2. The standard InChI is InChI=1S/C31H37NO5/c1-5-6-16-36-26-15-11-10-14-23(26)28-27(30(34)37-18-17-35-22-12-8-7-9-13-22)21(2)32-24-19-31(3,4)20-25(33)29(24)28/h7-15,28,32H,5-6,16-20H2,1-4H3/t28-/m1/s1. The van der Waals surface area contributed by atoms with Crippen LogP contribution in [-0.2, 0) is 14.3 Å². The van der Waals surface area contributed by atoms with Crippen LogP contribution in [0.15, 0.2) is 77.1 Å². The number of esters is 1. The van der Waals surface area contributed by atoms with E-state index in [2.05, 4.69) is 26.1 Å². The molecule has 6 nitrogen and oxygen atoms in total. The maximum absolute atomic E-state index is 13.6. The number of carbonyl (C=O) groups excluding carboxylic acids is 2. The van der Waals surface area contributed by atoms with E-state index < -0.39 is 11.9 Å². The minimum atomic E-state index is -0.555. The molecule has 2 aromatic rings. The van der Waals surface area contributed by atoms with Crippen LogP contribution >= 0.6 is 0 Å². The number of hydrogen-bond donors (Lipinski definition) is 1. The van der Waals surface area contributed by atoms with E-state index in [1.54, 1.807) is 0 Å². The fourth-order valence-electron chi connectivity index (χ4n) is 5.08. The van der Waals surface area contributed by atoms with E-state index in [0.29, 0.717) is 35.6 Å². The van der Waals surface area contributed by atoms with Crippen molar-refractivity contribution in [1.82, 2.24) is 5.32 Å². The molecule has 0 amide bonds. The molecule has 1 heterocycles. The molecular weight excluding hydrogens is 466 g/mol. The largest absolute Gasteiger partial charge is 0.493 e. The van der Waals surface area contributed by atoms with Crippen LogP contribution in [0.4, 0.5) is 0 Å². The summed E-state index contributed by atoms with van der Waals surface area (Å²) in [7, 11) is 0. The molecule has 0 spiro atoms. The minimum absolute atomic E-state index is 0.0531. The smallest absolute Gasteiger partial charge is 0.336 e. The number of para-hydroxylation sites is 2. The van der Waals surface area contributed by atoms with E-state index in [0.717, 1.165) is 36.3 Å². The van der Waals surface area contributed by atoms with E-state index in [4.69, 9.17) is 14.2 Å². The SMILES string of the molecule is CCCCOc1ccccc1[C@@H]1C(C(=O)OCCOc2ccccc2)=C(C)NC2=C1C(=O)CC(C)(C)C2. The number of nitrogens with one attached hydrogen (secondary N) is 1. The molecule has 196 valence electrons. The average Bonchev–Trinajstić information content (AvgIpc) is 2.86. The Kier molecular flexibility index (Phi) is 8.37. The van der Waals surface area contributed by atoms with Crippen molar-refractivity contribution in [2.75, 3.05) is 19.8 Å². The summed E-state index contributed by atoms with van der Waals surface area (Å²) in [5.74, 6) is 0.448. The van der Waals surface area contributed by atoms with Crippen molar-refractivity contribution in [2.45, 2.75) is 59.3 Å². The van der Waals surface area contributed by atoms with Gasteiger partial charge in [-0.2, -0.15) is 0 Å². The summed E-state index contributed by atoms with van der Waals surface area (Å²) in [6, 6.07) is 17.1. The zero-order chi connectivity index (χ0) is 26.4. The highest BCUT2D eigenvalue weighted by molar-refractivity contribution is 6.04. The van der Waals surface area contributed by atoms with Gasteiger partial charge in [-0.25, -0.2) is 4.79 Å². The lowest BCUT2D eigenvalue weighted by Gasteiger charge is -2.39. The second-order valence-electron chi connectivity index (χ2n) is 10.5. The quantitative estimate of drug-likeness (QED) is 0.312. The number of rotatable bonds is 10. The van der Waals surface area contributed by atoms with Crippen molar-refractivity contribution < 1.29 is 23.8 Å². The second kappa shape index (κ2) is 11.7. The molecule has 6 heteroatoms. The molecule has 0 saturated carbocycles. The Morgan fingerprint density at radius 3 is 2.46 bits per heavy atom. The summed E-state index contributed by atoms with van der Waals surface area (Å²) in [6.07, 6.45) is 3.09. The van der Waals surface area contributed by atoms with Crippen LogP contribution in [-0.4, -0.2) is 31.6 Å². The highest BCUT2D eigenvalue weighted by Crippen LogP contribution is 2.48. The van der Waals surface area contributed by atoms with Crippen molar-refractivity contribution in [2.24, 2.45) is 5.41 Å². The van der Waals surface area contributed by atoms with Crippen molar-refractivity contribution in [1.29, 1.82) is 0 Å².